The Morgan fingerprint density at radius 2 is 1.54 bits per heavy atom. The number of hydrogen-bond donors (Lipinski definition) is 3. The summed E-state index contributed by atoms with van der Waals surface area (Å²) in [6, 6.07) is 16.1. The van der Waals surface area contributed by atoms with Gasteiger partial charge in [-0.15, -0.1) is 0 Å². The summed E-state index contributed by atoms with van der Waals surface area (Å²) in [7, 11) is 3.28. The van der Waals surface area contributed by atoms with Crippen molar-refractivity contribution in [3.8, 4) is 11.5 Å². The molecule has 0 saturated carbocycles. The molecule has 0 atom stereocenters. The zero-order valence-corrected chi connectivity index (χ0v) is 15.9. The third-order valence-corrected chi connectivity index (χ3v) is 3.73. The van der Waals surface area contributed by atoms with Crippen LogP contribution < -0.4 is 9.47 Å². The monoisotopic (exact) mass is 391 g/mol. The number of para-hydroxylation sites is 1. The summed E-state index contributed by atoms with van der Waals surface area (Å²) in [5.74, 6) is -2.17. The maximum Gasteiger partial charge on any atom is 0.414 e. The Bertz CT molecular complexity index is 737. The van der Waals surface area contributed by atoms with Gasteiger partial charge in [0.15, 0.2) is 11.5 Å². The molecular weight excluding hydrogens is 366 g/mol. The number of hydrogen-bond acceptors (Lipinski definition) is 6. The lowest BCUT2D eigenvalue weighted by atomic mass is 10.1. The molecule has 0 heterocycles. The summed E-state index contributed by atoms with van der Waals surface area (Å²) >= 11 is 0. The van der Waals surface area contributed by atoms with E-state index in [-0.39, 0.29) is 6.61 Å². The van der Waals surface area contributed by atoms with Crippen LogP contribution in [0.5, 0.6) is 11.5 Å². The first-order chi connectivity index (χ1) is 13.4. The maximum absolute atomic E-state index is 9.32. The molecule has 8 heteroatoms. The molecule has 0 aliphatic heterocycles. The van der Waals surface area contributed by atoms with Crippen molar-refractivity contribution >= 4 is 11.9 Å². The highest BCUT2D eigenvalue weighted by molar-refractivity contribution is 6.27. The summed E-state index contributed by atoms with van der Waals surface area (Å²) in [4.78, 5) is 20.4. The third kappa shape index (κ3) is 7.65. The molecule has 0 fully saturated rings. The van der Waals surface area contributed by atoms with Gasteiger partial charge in [0.2, 0.25) is 0 Å². The SMILES string of the molecule is COc1cccc(CN(CCO)Cc2ccccc2)c1OC.O=C(O)C(=O)O. The average Bonchev–Trinajstić information content (AvgIpc) is 2.69. The maximum atomic E-state index is 9.32. The minimum atomic E-state index is -1.82. The molecule has 0 amide bonds. The number of carboxylic acid groups (broad SMARTS) is 2. The predicted octanol–water partition coefficient (Wildman–Crippen LogP) is 1.85. The molecule has 2 aromatic rings. The normalized spacial score (nSPS) is 10.0. The smallest absolute Gasteiger partial charge is 0.414 e. The average molecular weight is 391 g/mol. The van der Waals surface area contributed by atoms with Gasteiger partial charge in [-0.1, -0.05) is 42.5 Å². The number of methoxy groups -OCH3 is 2. The van der Waals surface area contributed by atoms with Crippen LogP contribution in [-0.2, 0) is 22.7 Å². The van der Waals surface area contributed by atoms with E-state index in [0.29, 0.717) is 13.1 Å². The number of rotatable bonds is 8. The molecule has 3 N–H and O–H groups in total. The lowest BCUT2D eigenvalue weighted by Crippen LogP contribution is -2.26. The van der Waals surface area contributed by atoms with E-state index in [2.05, 4.69) is 17.0 Å². The Kier molecular flexibility index (Phi) is 10.1. The molecule has 0 aliphatic rings. The first-order valence-electron chi connectivity index (χ1n) is 8.46. The molecule has 2 rings (SSSR count). The molecule has 0 aromatic heterocycles. The van der Waals surface area contributed by atoms with Crippen LogP contribution in [0.2, 0.25) is 0 Å². The van der Waals surface area contributed by atoms with Crippen LogP contribution in [0.15, 0.2) is 48.5 Å². The second-order valence-electron chi connectivity index (χ2n) is 5.68. The van der Waals surface area contributed by atoms with Crippen LogP contribution in [0.4, 0.5) is 0 Å². The Morgan fingerprint density at radius 1 is 0.893 bits per heavy atom. The molecule has 2 aromatic carbocycles. The van der Waals surface area contributed by atoms with Crippen LogP contribution >= 0.6 is 0 Å². The first-order valence-corrected chi connectivity index (χ1v) is 8.46. The van der Waals surface area contributed by atoms with E-state index in [4.69, 9.17) is 29.3 Å². The Balaban J connectivity index is 0.000000568. The molecule has 28 heavy (non-hydrogen) atoms. The number of carboxylic acids is 2. The van der Waals surface area contributed by atoms with Crippen molar-refractivity contribution in [3.05, 3.63) is 59.7 Å². The van der Waals surface area contributed by atoms with E-state index < -0.39 is 11.9 Å². The highest BCUT2D eigenvalue weighted by Gasteiger charge is 2.13. The van der Waals surface area contributed by atoms with Crippen LogP contribution in [-0.4, -0.2) is 59.5 Å². The lowest BCUT2D eigenvalue weighted by molar-refractivity contribution is -0.159. The molecule has 0 radical (unpaired) electrons. The van der Waals surface area contributed by atoms with Gasteiger partial charge in [0.25, 0.3) is 0 Å². The quantitative estimate of drug-likeness (QED) is 0.584. The van der Waals surface area contributed by atoms with Gasteiger partial charge < -0.3 is 24.8 Å². The second-order valence-corrected chi connectivity index (χ2v) is 5.68. The Hall–Kier alpha value is -3.10. The number of ether oxygens (including phenoxy) is 2. The first kappa shape index (κ1) is 22.9. The van der Waals surface area contributed by atoms with Crippen molar-refractivity contribution in [1.82, 2.24) is 4.90 Å². The van der Waals surface area contributed by atoms with Gasteiger partial charge in [-0.3, -0.25) is 4.90 Å². The molecule has 0 saturated heterocycles. The molecule has 8 nitrogen and oxygen atoms in total. The van der Waals surface area contributed by atoms with Gasteiger partial charge in [-0.25, -0.2) is 9.59 Å². The predicted molar refractivity (Wildman–Crippen MR) is 102 cm³/mol. The number of benzene rings is 2. The Morgan fingerprint density at radius 3 is 2.04 bits per heavy atom. The second kappa shape index (κ2) is 12.3. The fourth-order valence-electron chi connectivity index (χ4n) is 2.52. The van der Waals surface area contributed by atoms with E-state index in [1.165, 1.54) is 5.56 Å². The summed E-state index contributed by atoms with van der Waals surface area (Å²) in [6.07, 6.45) is 0. The summed E-state index contributed by atoms with van der Waals surface area (Å²) in [6.45, 7) is 2.20. The summed E-state index contributed by atoms with van der Waals surface area (Å²) in [5.41, 5.74) is 2.27. The van der Waals surface area contributed by atoms with E-state index >= 15 is 0 Å². The minimum absolute atomic E-state index is 0.124. The summed E-state index contributed by atoms with van der Waals surface area (Å²) in [5, 5.41) is 24.1. The van der Waals surface area contributed by atoms with Gasteiger partial charge in [-0.05, 0) is 11.6 Å². The molecular formula is C20H25NO7. The van der Waals surface area contributed by atoms with Crippen molar-refractivity contribution in [2.45, 2.75) is 13.1 Å². The lowest BCUT2D eigenvalue weighted by Gasteiger charge is -2.23. The van der Waals surface area contributed by atoms with Crippen LogP contribution in [0.1, 0.15) is 11.1 Å². The van der Waals surface area contributed by atoms with Crippen LogP contribution in [0.3, 0.4) is 0 Å². The molecule has 0 bridgehead atoms. The topological polar surface area (TPSA) is 117 Å². The highest BCUT2D eigenvalue weighted by Crippen LogP contribution is 2.31. The van der Waals surface area contributed by atoms with E-state index in [0.717, 1.165) is 23.6 Å². The van der Waals surface area contributed by atoms with Gasteiger partial charge in [0.1, 0.15) is 0 Å². The zero-order valence-electron chi connectivity index (χ0n) is 15.9. The van der Waals surface area contributed by atoms with Gasteiger partial charge >= 0.3 is 11.9 Å². The fourth-order valence-corrected chi connectivity index (χ4v) is 2.52. The number of aliphatic hydroxyl groups is 1. The van der Waals surface area contributed by atoms with Crippen molar-refractivity contribution in [1.29, 1.82) is 0 Å². The number of carbonyl (C=O) groups is 2. The van der Waals surface area contributed by atoms with Crippen LogP contribution in [0.25, 0.3) is 0 Å². The number of nitrogens with zero attached hydrogens (tertiary/aromatic N) is 1. The van der Waals surface area contributed by atoms with Crippen molar-refractivity contribution in [3.63, 3.8) is 0 Å². The van der Waals surface area contributed by atoms with Gasteiger partial charge in [0.05, 0.1) is 20.8 Å². The van der Waals surface area contributed by atoms with E-state index in [9.17, 15) is 5.11 Å². The largest absolute Gasteiger partial charge is 0.493 e. The standard InChI is InChI=1S/C18H23NO3.C2H2O4/c1-21-17-10-6-9-16(18(17)22-2)14-19(11-12-20)13-15-7-4-3-5-8-15;3-1(4)2(5)6/h3-10,20H,11-14H2,1-2H3;(H,3,4)(H,5,6). The highest BCUT2D eigenvalue weighted by atomic mass is 16.5. The zero-order chi connectivity index (χ0) is 20.9. The number of aliphatic carboxylic acids is 2. The molecule has 0 unspecified atom stereocenters. The molecule has 0 spiro atoms. The minimum Gasteiger partial charge on any atom is -0.493 e. The van der Waals surface area contributed by atoms with Crippen molar-refractivity contribution < 1.29 is 34.4 Å². The van der Waals surface area contributed by atoms with E-state index in [1.807, 2.05) is 36.4 Å². The van der Waals surface area contributed by atoms with E-state index in [1.54, 1.807) is 14.2 Å². The van der Waals surface area contributed by atoms with Crippen molar-refractivity contribution in [2.24, 2.45) is 0 Å². The fraction of sp³-hybridized carbons (Fsp3) is 0.300. The van der Waals surface area contributed by atoms with Gasteiger partial charge in [0, 0.05) is 25.2 Å². The molecule has 152 valence electrons. The summed E-state index contributed by atoms with van der Waals surface area (Å²) < 4.78 is 10.8. The van der Waals surface area contributed by atoms with Gasteiger partial charge in [-0.2, -0.15) is 0 Å². The third-order valence-electron chi connectivity index (χ3n) is 3.73. The van der Waals surface area contributed by atoms with Crippen LogP contribution in [0, 0.1) is 0 Å². The Labute approximate surface area is 163 Å². The van der Waals surface area contributed by atoms with Crippen molar-refractivity contribution in [2.75, 3.05) is 27.4 Å². The molecule has 0 aliphatic carbocycles. The number of aliphatic hydroxyl groups excluding tert-OH is 1.